The Morgan fingerprint density at radius 2 is 1.94 bits per heavy atom. The highest BCUT2D eigenvalue weighted by molar-refractivity contribution is 5.39. The van der Waals surface area contributed by atoms with Gasteiger partial charge in [-0.15, -0.1) is 0 Å². The monoisotopic (exact) mass is 217 g/mol. The van der Waals surface area contributed by atoms with Gasteiger partial charge in [0.1, 0.15) is 0 Å². The molecule has 0 unspecified atom stereocenters. The van der Waals surface area contributed by atoms with E-state index in [9.17, 15) is 0 Å². The van der Waals surface area contributed by atoms with Gasteiger partial charge in [-0.2, -0.15) is 4.98 Å². The minimum Gasteiger partial charge on any atom is -0.399 e. The van der Waals surface area contributed by atoms with Crippen LogP contribution in [0.1, 0.15) is 37.0 Å². The molecule has 0 spiro atoms. The summed E-state index contributed by atoms with van der Waals surface area (Å²) >= 11 is 0. The Morgan fingerprint density at radius 1 is 1.25 bits per heavy atom. The van der Waals surface area contributed by atoms with Gasteiger partial charge in [-0.25, -0.2) is 0 Å². The molecule has 1 aromatic carbocycles. The number of hydrogen-bond acceptors (Lipinski definition) is 4. The van der Waals surface area contributed by atoms with Crippen LogP contribution in [0.3, 0.4) is 0 Å². The fourth-order valence-corrected chi connectivity index (χ4v) is 1.39. The lowest BCUT2D eigenvalue weighted by molar-refractivity contribution is 0.361. The third-order valence-corrected chi connectivity index (χ3v) is 2.32. The number of benzene rings is 1. The van der Waals surface area contributed by atoms with Crippen LogP contribution in [-0.4, -0.2) is 10.1 Å². The van der Waals surface area contributed by atoms with Gasteiger partial charge in [-0.05, 0) is 17.7 Å². The molecule has 2 N–H and O–H groups in total. The van der Waals surface area contributed by atoms with Gasteiger partial charge < -0.3 is 10.3 Å². The van der Waals surface area contributed by atoms with Crippen molar-refractivity contribution in [3.8, 4) is 0 Å². The quantitative estimate of drug-likeness (QED) is 0.801. The number of aromatic nitrogens is 2. The molecule has 2 aromatic rings. The Morgan fingerprint density at radius 3 is 2.50 bits per heavy atom. The summed E-state index contributed by atoms with van der Waals surface area (Å²) in [5.74, 6) is 1.67. The van der Waals surface area contributed by atoms with Crippen LogP contribution in [0.2, 0.25) is 0 Å². The lowest BCUT2D eigenvalue weighted by Crippen LogP contribution is -1.93. The van der Waals surface area contributed by atoms with Crippen LogP contribution in [0, 0.1) is 0 Å². The Kier molecular flexibility index (Phi) is 2.90. The first-order chi connectivity index (χ1) is 7.65. The molecule has 16 heavy (non-hydrogen) atoms. The summed E-state index contributed by atoms with van der Waals surface area (Å²) < 4.78 is 5.14. The molecule has 0 aliphatic rings. The number of nitrogens with zero attached hydrogens (tertiary/aromatic N) is 2. The second kappa shape index (κ2) is 4.35. The van der Waals surface area contributed by atoms with Crippen molar-refractivity contribution >= 4 is 5.69 Å². The van der Waals surface area contributed by atoms with Crippen molar-refractivity contribution in [2.75, 3.05) is 5.73 Å². The third-order valence-electron chi connectivity index (χ3n) is 2.32. The van der Waals surface area contributed by atoms with Crippen molar-refractivity contribution in [2.45, 2.75) is 26.2 Å². The second-order valence-corrected chi connectivity index (χ2v) is 4.12. The summed E-state index contributed by atoms with van der Waals surface area (Å²) in [7, 11) is 0. The zero-order valence-corrected chi connectivity index (χ0v) is 9.47. The maximum absolute atomic E-state index is 5.61. The van der Waals surface area contributed by atoms with Gasteiger partial charge in [0, 0.05) is 18.0 Å². The predicted octanol–water partition coefficient (Wildman–Crippen LogP) is 2.37. The third kappa shape index (κ3) is 2.39. The van der Waals surface area contributed by atoms with Gasteiger partial charge in [0.05, 0.1) is 0 Å². The summed E-state index contributed by atoms with van der Waals surface area (Å²) in [6, 6.07) is 7.69. The summed E-state index contributed by atoms with van der Waals surface area (Å²) in [6.07, 6.45) is 0.677. The second-order valence-electron chi connectivity index (χ2n) is 4.12. The van der Waals surface area contributed by atoms with Crippen molar-refractivity contribution in [3.05, 3.63) is 41.5 Å². The van der Waals surface area contributed by atoms with Gasteiger partial charge in [0.15, 0.2) is 5.82 Å². The molecule has 0 aliphatic carbocycles. The molecular formula is C12H15N3O. The fraction of sp³-hybridized carbons (Fsp3) is 0.333. The van der Waals surface area contributed by atoms with E-state index in [1.54, 1.807) is 0 Å². The van der Waals surface area contributed by atoms with Crippen LogP contribution < -0.4 is 5.73 Å². The number of nitrogens with two attached hydrogens (primary N) is 1. The highest BCUT2D eigenvalue weighted by Crippen LogP contribution is 2.14. The van der Waals surface area contributed by atoms with Gasteiger partial charge in [0.2, 0.25) is 5.89 Å². The molecule has 4 nitrogen and oxygen atoms in total. The van der Waals surface area contributed by atoms with E-state index in [2.05, 4.69) is 10.1 Å². The molecule has 1 aromatic heterocycles. The summed E-state index contributed by atoms with van der Waals surface area (Å²) in [5.41, 5.74) is 7.51. The van der Waals surface area contributed by atoms with Crippen molar-refractivity contribution in [2.24, 2.45) is 0 Å². The van der Waals surface area contributed by atoms with E-state index in [-0.39, 0.29) is 5.92 Å². The topological polar surface area (TPSA) is 64.9 Å². The van der Waals surface area contributed by atoms with E-state index in [1.807, 2.05) is 38.1 Å². The van der Waals surface area contributed by atoms with Crippen molar-refractivity contribution in [3.63, 3.8) is 0 Å². The maximum atomic E-state index is 5.61. The smallest absolute Gasteiger partial charge is 0.229 e. The standard InChI is InChI=1S/C12H15N3O/c1-8(2)12-14-11(15-16-12)7-9-3-5-10(13)6-4-9/h3-6,8H,7,13H2,1-2H3. The molecule has 0 fully saturated rings. The van der Waals surface area contributed by atoms with Crippen molar-refractivity contribution in [1.29, 1.82) is 0 Å². The van der Waals surface area contributed by atoms with E-state index in [4.69, 9.17) is 10.3 Å². The van der Waals surface area contributed by atoms with Crippen LogP contribution in [0.15, 0.2) is 28.8 Å². The summed E-state index contributed by atoms with van der Waals surface area (Å²) in [6.45, 7) is 4.06. The molecule has 0 aliphatic heterocycles. The molecule has 1 heterocycles. The van der Waals surface area contributed by atoms with E-state index >= 15 is 0 Å². The highest BCUT2D eigenvalue weighted by atomic mass is 16.5. The SMILES string of the molecule is CC(C)c1nc(Cc2ccc(N)cc2)no1. The zero-order chi connectivity index (χ0) is 11.5. The van der Waals surface area contributed by atoms with E-state index in [1.165, 1.54) is 0 Å². The average Bonchev–Trinajstić information content (AvgIpc) is 2.70. The molecule has 0 radical (unpaired) electrons. The fourth-order valence-electron chi connectivity index (χ4n) is 1.39. The minimum absolute atomic E-state index is 0.271. The normalized spacial score (nSPS) is 10.9. The Labute approximate surface area is 94.5 Å². The molecule has 0 amide bonds. The average molecular weight is 217 g/mol. The maximum Gasteiger partial charge on any atom is 0.229 e. The summed E-state index contributed by atoms with van der Waals surface area (Å²) in [5, 5.41) is 3.94. The van der Waals surface area contributed by atoms with E-state index in [0.29, 0.717) is 18.1 Å². The van der Waals surface area contributed by atoms with Crippen LogP contribution in [-0.2, 0) is 6.42 Å². The largest absolute Gasteiger partial charge is 0.399 e. The van der Waals surface area contributed by atoms with E-state index < -0.39 is 0 Å². The first-order valence-electron chi connectivity index (χ1n) is 5.32. The van der Waals surface area contributed by atoms with Crippen molar-refractivity contribution < 1.29 is 4.52 Å². The van der Waals surface area contributed by atoms with Gasteiger partial charge in [-0.1, -0.05) is 31.1 Å². The minimum atomic E-state index is 0.271. The van der Waals surface area contributed by atoms with Gasteiger partial charge in [-0.3, -0.25) is 0 Å². The Bertz CT molecular complexity index is 459. The molecule has 4 heteroatoms. The molecule has 0 atom stereocenters. The first-order valence-corrected chi connectivity index (χ1v) is 5.32. The molecule has 2 rings (SSSR count). The number of hydrogen-bond donors (Lipinski definition) is 1. The Hall–Kier alpha value is -1.84. The van der Waals surface area contributed by atoms with Crippen molar-refractivity contribution in [1.82, 2.24) is 10.1 Å². The van der Waals surface area contributed by atoms with Gasteiger partial charge in [0.25, 0.3) is 0 Å². The van der Waals surface area contributed by atoms with Crippen LogP contribution in [0.4, 0.5) is 5.69 Å². The molecule has 0 saturated heterocycles. The highest BCUT2D eigenvalue weighted by Gasteiger charge is 2.09. The lowest BCUT2D eigenvalue weighted by Gasteiger charge is -1.97. The molecule has 84 valence electrons. The predicted molar refractivity (Wildman–Crippen MR) is 62.0 cm³/mol. The van der Waals surface area contributed by atoms with Crippen LogP contribution in [0.25, 0.3) is 0 Å². The van der Waals surface area contributed by atoms with Crippen LogP contribution in [0.5, 0.6) is 0 Å². The zero-order valence-electron chi connectivity index (χ0n) is 9.47. The van der Waals surface area contributed by atoms with Crippen LogP contribution >= 0.6 is 0 Å². The number of anilines is 1. The molecule has 0 bridgehead atoms. The Balaban J connectivity index is 2.11. The lowest BCUT2D eigenvalue weighted by atomic mass is 10.1. The molecular weight excluding hydrogens is 202 g/mol. The van der Waals surface area contributed by atoms with E-state index in [0.717, 1.165) is 11.3 Å². The summed E-state index contributed by atoms with van der Waals surface area (Å²) in [4.78, 5) is 4.32. The number of nitrogen functional groups attached to an aromatic ring is 1. The molecule has 0 saturated carbocycles. The van der Waals surface area contributed by atoms with Gasteiger partial charge >= 0.3 is 0 Å². The first kappa shape index (κ1) is 10.7. The number of rotatable bonds is 3.